The largest absolute Gasteiger partial charge is 0.497 e. The van der Waals surface area contributed by atoms with Crippen molar-refractivity contribution >= 4 is 28.7 Å². The smallest absolute Gasteiger partial charge is 0.434 e. The van der Waals surface area contributed by atoms with Crippen LogP contribution in [-0.4, -0.2) is 22.4 Å². The van der Waals surface area contributed by atoms with Crippen molar-refractivity contribution in [2.75, 3.05) is 17.7 Å². The van der Waals surface area contributed by atoms with Crippen molar-refractivity contribution in [3.8, 4) is 5.75 Å². The fourth-order valence-electron chi connectivity index (χ4n) is 3.00. The number of benzene rings is 2. The quantitative estimate of drug-likeness (QED) is 0.451. The number of hydrogen-bond donors (Lipinski definition) is 2. The van der Waals surface area contributed by atoms with Gasteiger partial charge in [0.15, 0.2) is 5.69 Å². The molecule has 2 heterocycles. The lowest BCUT2D eigenvalue weighted by molar-refractivity contribution is -0.140. The number of halogens is 3. The molecule has 1 amide bonds. The second-order valence-corrected chi connectivity index (χ2v) is 6.65. The predicted octanol–water partition coefficient (Wildman–Crippen LogP) is 5.36. The van der Waals surface area contributed by atoms with Gasteiger partial charge in [-0.25, -0.2) is 4.98 Å². The van der Waals surface area contributed by atoms with Crippen molar-refractivity contribution in [3.63, 3.8) is 0 Å². The molecule has 0 aliphatic heterocycles. The number of hydrogen-bond acceptors (Lipinski definition) is 4. The number of nitrogens with zero attached hydrogens (tertiary/aromatic N) is 2. The van der Waals surface area contributed by atoms with Crippen LogP contribution in [0.4, 0.5) is 30.4 Å². The number of anilines is 3. The van der Waals surface area contributed by atoms with Gasteiger partial charge in [0.05, 0.1) is 7.11 Å². The first-order valence-corrected chi connectivity index (χ1v) is 9.21. The molecule has 31 heavy (non-hydrogen) atoms. The first kappa shape index (κ1) is 20.3. The molecule has 9 heteroatoms. The molecule has 2 aromatic heterocycles. The number of carbonyl (C=O) groups is 1. The minimum Gasteiger partial charge on any atom is -0.497 e. The fraction of sp³-hybridized carbons (Fsp3) is 0.0909. The first-order chi connectivity index (χ1) is 14.8. The summed E-state index contributed by atoms with van der Waals surface area (Å²) >= 11 is 0. The van der Waals surface area contributed by atoms with Crippen LogP contribution in [-0.2, 0) is 6.18 Å². The fourth-order valence-corrected chi connectivity index (χ4v) is 3.00. The number of carbonyl (C=O) groups excluding carboxylic acids is 1. The van der Waals surface area contributed by atoms with Crippen LogP contribution in [0.2, 0.25) is 0 Å². The Morgan fingerprint density at radius 1 is 1.00 bits per heavy atom. The van der Waals surface area contributed by atoms with Gasteiger partial charge in [-0.1, -0.05) is 12.1 Å². The number of rotatable bonds is 5. The van der Waals surface area contributed by atoms with E-state index >= 15 is 0 Å². The van der Waals surface area contributed by atoms with E-state index in [9.17, 15) is 18.0 Å². The van der Waals surface area contributed by atoms with E-state index in [0.717, 1.165) is 6.20 Å². The number of fused-ring (bicyclic) bond motifs is 1. The zero-order chi connectivity index (χ0) is 22.0. The van der Waals surface area contributed by atoms with E-state index in [-0.39, 0.29) is 11.6 Å². The van der Waals surface area contributed by atoms with E-state index in [1.165, 1.54) is 17.6 Å². The SMILES string of the molecule is COc1cccc(C(=O)Nc2ccc(Nc3cccc4nc(C(F)(F)F)cn34)cc2)c1. The van der Waals surface area contributed by atoms with Gasteiger partial charge in [0.2, 0.25) is 0 Å². The first-order valence-electron chi connectivity index (χ1n) is 9.21. The molecule has 0 radical (unpaired) electrons. The molecule has 0 atom stereocenters. The van der Waals surface area contributed by atoms with E-state index in [0.29, 0.717) is 28.5 Å². The topological polar surface area (TPSA) is 67.7 Å². The monoisotopic (exact) mass is 426 g/mol. The van der Waals surface area contributed by atoms with Gasteiger partial charge in [-0.05, 0) is 54.6 Å². The Morgan fingerprint density at radius 3 is 2.42 bits per heavy atom. The maximum absolute atomic E-state index is 13.0. The number of methoxy groups -OCH3 is 1. The zero-order valence-electron chi connectivity index (χ0n) is 16.3. The minimum atomic E-state index is -4.52. The molecule has 6 nitrogen and oxygen atoms in total. The van der Waals surface area contributed by atoms with Crippen LogP contribution in [0.3, 0.4) is 0 Å². The van der Waals surface area contributed by atoms with Crippen LogP contribution >= 0.6 is 0 Å². The summed E-state index contributed by atoms with van der Waals surface area (Å²) in [5.41, 5.74) is 0.873. The number of aromatic nitrogens is 2. The second kappa shape index (κ2) is 8.02. The van der Waals surface area contributed by atoms with E-state index in [1.54, 1.807) is 60.7 Å². The predicted molar refractivity (Wildman–Crippen MR) is 111 cm³/mol. The normalized spacial score (nSPS) is 11.4. The lowest BCUT2D eigenvalue weighted by Crippen LogP contribution is -2.11. The van der Waals surface area contributed by atoms with Crippen molar-refractivity contribution in [3.05, 3.63) is 84.2 Å². The summed E-state index contributed by atoms with van der Waals surface area (Å²) in [5.74, 6) is 0.714. The Hall–Kier alpha value is -4.01. The van der Waals surface area contributed by atoms with Gasteiger partial charge in [-0.3, -0.25) is 9.20 Å². The number of amides is 1. The van der Waals surface area contributed by atoms with Gasteiger partial charge in [-0.2, -0.15) is 13.2 Å². The molecule has 2 aromatic carbocycles. The number of ether oxygens (including phenoxy) is 1. The van der Waals surface area contributed by atoms with Crippen molar-refractivity contribution < 1.29 is 22.7 Å². The molecule has 0 bridgehead atoms. The molecule has 0 fully saturated rings. The lowest BCUT2D eigenvalue weighted by atomic mass is 10.2. The molecule has 0 aliphatic carbocycles. The molecule has 0 saturated heterocycles. The Morgan fingerprint density at radius 2 is 1.71 bits per heavy atom. The van der Waals surface area contributed by atoms with Crippen LogP contribution in [0.15, 0.2) is 72.9 Å². The van der Waals surface area contributed by atoms with Gasteiger partial charge in [0.1, 0.15) is 17.2 Å². The number of pyridine rings is 1. The average molecular weight is 426 g/mol. The average Bonchev–Trinajstić information content (AvgIpc) is 3.21. The maximum Gasteiger partial charge on any atom is 0.434 e. The lowest BCUT2D eigenvalue weighted by Gasteiger charge is -2.10. The summed E-state index contributed by atoms with van der Waals surface area (Å²) in [6, 6.07) is 18.3. The third kappa shape index (κ3) is 4.45. The van der Waals surface area contributed by atoms with E-state index in [4.69, 9.17) is 4.74 Å². The van der Waals surface area contributed by atoms with Gasteiger partial charge >= 0.3 is 6.18 Å². The van der Waals surface area contributed by atoms with Crippen LogP contribution < -0.4 is 15.4 Å². The highest BCUT2D eigenvalue weighted by molar-refractivity contribution is 6.04. The minimum absolute atomic E-state index is 0.180. The maximum atomic E-state index is 13.0. The summed E-state index contributed by atoms with van der Waals surface area (Å²) < 4.78 is 45.3. The van der Waals surface area contributed by atoms with Crippen LogP contribution in [0.1, 0.15) is 16.1 Å². The molecule has 4 aromatic rings. The number of imidazole rings is 1. The van der Waals surface area contributed by atoms with Crippen LogP contribution in [0, 0.1) is 0 Å². The van der Waals surface area contributed by atoms with E-state index < -0.39 is 11.9 Å². The second-order valence-electron chi connectivity index (χ2n) is 6.65. The van der Waals surface area contributed by atoms with Crippen molar-refractivity contribution in [2.45, 2.75) is 6.18 Å². The molecule has 0 unspecified atom stereocenters. The summed E-state index contributed by atoms with van der Waals surface area (Å²) in [6.07, 6.45) is -3.58. The van der Waals surface area contributed by atoms with Gasteiger partial charge in [-0.15, -0.1) is 0 Å². The highest BCUT2D eigenvalue weighted by Gasteiger charge is 2.34. The summed E-state index contributed by atoms with van der Waals surface area (Å²) in [5, 5.41) is 5.85. The van der Waals surface area contributed by atoms with Crippen LogP contribution in [0.5, 0.6) is 5.75 Å². The zero-order valence-corrected chi connectivity index (χ0v) is 16.3. The third-order valence-electron chi connectivity index (χ3n) is 4.53. The van der Waals surface area contributed by atoms with Gasteiger partial charge in [0.25, 0.3) is 5.91 Å². The molecule has 2 N–H and O–H groups in total. The molecular weight excluding hydrogens is 409 g/mol. The molecule has 158 valence electrons. The Balaban J connectivity index is 1.50. The Bertz CT molecular complexity index is 1230. The third-order valence-corrected chi connectivity index (χ3v) is 4.53. The van der Waals surface area contributed by atoms with Gasteiger partial charge < -0.3 is 15.4 Å². The molecule has 0 spiro atoms. The molecule has 0 saturated carbocycles. The molecule has 4 rings (SSSR count). The standard InChI is InChI=1S/C22H17F3N4O2/c1-31-17-5-2-4-14(12-17)21(30)27-16-10-8-15(9-11-16)26-19-6-3-7-20-28-18(13-29(19)20)22(23,24)25/h2-13,26H,1H3,(H,27,30). The number of alkyl halides is 3. The molecule has 0 aliphatic rings. The number of nitrogens with one attached hydrogen (secondary N) is 2. The summed E-state index contributed by atoms with van der Waals surface area (Å²) in [4.78, 5) is 16.0. The van der Waals surface area contributed by atoms with E-state index in [2.05, 4.69) is 15.6 Å². The highest BCUT2D eigenvalue weighted by Crippen LogP contribution is 2.30. The van der Waals surface area contributed by atoms with Crippen molar-refractivity contribution in [1.29, 1.82) is 0 Å². The Kier molecular flexibility index (Phi) is 5.24. The summed E-state index contributed by atoms with van der Waals surface area (Å²) in [7, 11) is 1.52. The molecular formula is C22H17F3N4O2. The van der Waals surface area contributed by atoms with Crippen molar-refractivity contribution in [2.24, 2.45) is 0 Å². The van der Waals surface area contributed by atoms with Crippen LogP contribution in [0.25, 0.3) is 5.65 Å². The van der Waals surface area contributed by atoms with Crippen molar-refractivity contribution in [1.82, 2.24) is 9.38 Å². The Labute approximate surface area is 175 Å². The summed E-state index contributed by atoms with van der Waals surface area (Å²) in [6.45, 7) is 0. The van der Waals surface area contributed by atoms with Gasteiger partial charge in [0, 0.05) is 23.1 Å². The van der Waals surface area contributed by atoms with E-state index in [1.807, 2.05) is 0 Å². The highest BCUT2D eigenvalue weighted by atomic mass is 19.4.